The number of carbonyl (C=O) groups excluding carboxylic acids is 2. The maximum atomic E-state index is 12.6. The number of hydrogen-bond acceptors (Lipinski definition) is 5. The molecule has 114 valence electrons. The first-order valence-corrected chi connectivity index (χ1v) is 6.89. The second-order valence-electron chi connectivity index (χ2n) is 5.12. The van der Waals surface area contributed by atoms with E-state index in [1.165, 1.54) is 12.0 Å². The smallest absolute Gasteiger partial charge is 0.325 e. The third kappa shape index (κ3) is 3.45. The van der Waals surface area contributed by atoms with Crippen LogP contribution >= 0.6 is 0 Å². The van der Waals surface area contributed by atoms with Crippen LogP contribution < -0.4 is 10.1 Å². The number of nitrogens with zero attached hydrogens (tertiary/aromatic N) is 1. The minimum absolute atomic E-state index is 0.0749. The molecule has 1 atom stereocenters. The summed E-state index contributed by atoms with van der Waals surface area (Å²) in [6, 6.07) is 7.33. The number of anilines is 1. The Hall–Kier alpha value is -2.24. The number of methoxy groups -OCH3 is 1. The highest BCUT2D eigenvalue weighted by Gasteiger charge is 2.32. The van der Waals surface area contributed by atoms with Gasteiger partial charge < -0.3 is 19.7 Å². The quantitative estimate of drug-likeness (QED) is 0.846. The van der Waals surface area contributed by atoms with Crippen LogP contribution in [0.15, 0.2) is 24.3 Å². The number of benzene rings is 1. The lowest BCUT2D eigenvalue weighted by Crippen LogP contribution is -2.51. The Bertz CT molecular complexity index is 530. The largest absolute Gasteiger partial charge is 0.477 e. The van der Waals surface area contributed by atoms with E-state index >= 15 is 0 Å². The second-order valence-corrected chi connectivity index (χ2v) is 5.12. The summed E-state index contributed by atoms with van der Waals surface area (Å²) in [5, 5.41) is 3.17. The summed E-state index contributed by atoms with van der Waals surface area (Å²) in [6.45, 7) is 4.00. The van der Waals surface area contributed by atoms with Crippen molar-refractivity contribution < 1.29 is 19.1 Å². The van der Waals surface area contributed by atoms with Gasteiger partial charge in [0.25, 0.3) is 5.91 Å². The van der Waals surface area contributed by atoms with Gasteiger partial charge in [0.15, 0.2) is 6.10 Å². The molecule has 0 fully saturated rings. The van der Waals surface area contributed by atoms with Crippen molar-refractivity contribution in [3.8, 4) is 5.75 Å². The highest BCUT2D eigenvalue weighted by Crippen LogP contribution is 2.28. The van der Waals surface area contributed by atoms with Crippen LogP contribution in [0.4, 0.5) is 5.69 Å². The Balaban J connectivity index is 2.10. The summed E-state index contributed by atoms with van der Waals surface area (Å²) in [5.41, 5.74) is 0.866. The number of carbonyl (C=O) groups is 2. The van der Waals surface area contributed by atoms with Gasteiger partial charge in [0.05, 0.1) is 19.3 Å². The number of fused-ring (bicyclic) bond motifs is 1. The van der Waals surface area contributed by atoms with Crippen molar-refractivity contribution in [3.05, 3.63) is 24.3 Å². The Morgan fingerprint density at radius 2 is 2.14 bits per heavy atom. The molecular formula is C15H20N2O4. The fourth-order valence-corrected chi connectivity index (χ4v) is 2.15. The average molecular weight is 292 g/mol. The van der Waals surface area contributed by atoms with Gasteiger partial charge in [0.1, 0.15) is 12.3 Å². The van der Waals surface area contributed by atoms with E-state index in [1.807, 2.05) is 38.1 Å². The molecule has 0 radical (unpaired) electrons. The van der Waals surface area contributed by atoms with Crippen LogP contribution in [0.5, 0.6) is 5.75 Å². The van der Waals surface area contributed by atoms with Gasteiger partial charge in [-0.05, 0) is 26.0 Å². The van der Waals surface area contributed by atoms with Gasteiger partial charge in [-0.2, -0.15) is 0 Å². The molecule has 0 saturated carbocycles. The molecule has 0 spiro atoms. The Morgan fingerprint density at radius 1 is 1.43 bits per heavy atom. The van der Waals surface area contributed by atoms with E-state index < -0.39 is 12.1 Å². The second kappa shape index (κ2) is 6.47. The van der Waals surface area contributed by atoms with Gasteiger partial charge >= 0.3 is 5.97 Å². The highest BCUT2D eigenvalue weighted by molar-refractivity contribution is 5.86. The molecule has 1 heterocycles. The van der Waals surface area contributed by atoms with Crippen LogP contribution in [0.25, 0.3) is 0 Å². The van der Waals surface area contributed by atoms with Gasteiger partial charge in [-0.15, -0.1) is 0 Å². The Morgan fingerprint density at radius 3 is 2.81 bits per heavy atom. The maximum Gasteiger partial charge on any atom is 0.325 e. The van der Waals surface area contributed by atoms with Crippen LogP contribution in [0.3, 0.4) is 0 Å². The molecule has 1 aromatic carbocycles. The SMILES string of the molecule is COC(=O)CN(C(=O)C1CNc2ccccc2O1)C(C)C. The van der Waals surface area contributed by atoms with Crippen molar-refractivity contribution in [2.45, 2.75) is 26.0 Å². The summed E-state index contributed by atoms with van der Waals surface area (Å²) in [7, 11) is 1.31. The summed E-state index contributed by atoms with van der Waals surface area (Å²) >= 11 is 0. The standard InChI is InChI=1S/C15H20N2O4/c1-10(2)17(9-14(18)20-3)15(19)13-8-16-11-6-4-5-7-12(11)21-13/h4-7,10,13,16H,8-9H2,1-3H3. The fourth-order valence-electron chi connectivity index (χ4n) is 2.15. The third-order valence-electron chi connectivity index (χ3n) is 3.34. The van der Waals surface area contributed by atoms with Gasteiger partial charge in [0.2, 0.25) is 0 Å². The zero-order valence-corrected chi connectivity index (χ0v) is 12.5. The molecule has 21 heavy (non-hydrogen) atoms. The summed E-state index contributed by atoms with van der Waals surface area (Å²) in [4.78, 5) is 25.5. The predicted octanol–water partition coefficient (Wildman–Crippen LogP) is 1.27. The van der Waals surface area contributed by atoms with Crippen LogP contribution in [-0.4, -0.2) is 49.1 Å². The number of esters is 1. The zero-order chi connectivity index (χ0) is 15.4. The van der Waals surface area contributed by atoms with Gasteiger partial charge in [-0.3, -0.25) is 9.59 Å². The minimum Gasteiger partial charge on any atom is -0.477 e. The molecule has 0 aliphatic carbocycles. The summed E-state index contributed by atoms with van der Waals surface area (Å²) < 4.78 is 10.4. The van der Waals surface area contributed by atoms with Crippen molar-refractivity contribution in [2.24, 2.45) is 0 Å². The lowest BCUT2D eigenvalue weighted by Gasteiger charge is -2.32. The lowest BCUT2D eigenvalue weighted by atomic mass is 10.2. The van der Waals surface area contributed by atoms with E-state index in [0.29, 0.717) is 12.3 Å². The van der Waals surface area contributed by atoms with E-state index in [4.69, 9.17) is 4.74 Å². The van der Waals surface area contributed by atoms with E-state index in [-0.39, 0.29) is 18.5 Å². The molecule has 6 nitrogen and oxygen atoms in total. The van der Waals surface area contributed by atoms with Crippen LogP contribution in [-0.2, 0) is 14.3 Å². The molecule has 1 aliphatic heterocycles. The van der Waals surface area contributed by atoms with E-state index in [9.17, 15) is 9.59 Å². The third-order valence-corrected chi connectivity index (χ3v) is 3.34. The Labute approximate surface area is 124 Å². The first-order valence-electron chi connectivity index (χ1n) is 6.89. The molecule has 0 bridgehead atoms. The molecule has 1 unspecified atom stereocenters. The number of para-hydroxylation sites is 2. The molecular weight excluding hydrogens is 272 g/mol. The minimum atomic E-state index is -0.646. The Kier molecular flexibility index (Phi) is 4.67. The molecule has 1 aliphatic rings. The summed E-state index contributed by atoms with van der Waals surface area (Å²) in [5.74, 6) is -0.0255. The van der Waals surface area contributed by atoms with E-state index in [2.05, 4.69) is 10.1 Å². The van der Waals surface area contributed by atoms with E-state index in [1.54, 1.807) is 0 Å². The first kappa shape index (κ1) is 15.2. The maximum absolute atomic E-state index is 12.6. The van der Waals surface area contributed by atoms with Crippen molar-refractivity contribution in [2.75, 3.05) is 25.5 Å². The molecule has 1 N–H and O–H groups in total. The van der Waals surface area contributed by atoms with Crippen LogP contribution in [0.2, 0.25) is 0 Å². The molecule has 6 heteroatoms. The first-order chi connectivity index (χ1) is 10.0. The molecule has 1 aromatic rings. The van der Waals surface area contributed by atoms with Crippen molar-refractivity contribution >= 4 is 17.6 Å². The van der Waals surface area contributed by atoms with E-state index in [0.717, 1.165) is 5.69 Å². The molecule has 0 saturated heterocycles. The summed E-state index contributed by atoms with van der Waals surface area (Å²) in [6.07, 6.45) is -0.646. The number of hydrogen-bond donors (Lipinski definition) is 1. The normalized spacial score (nSPS) is 16.5. The fraction of sp³-hybridized carbons (Fsp3) is 0.467. The van der Waals surface area contributed by atoms with Gasteiger partial charge in [-0.25, -0.2) is 0 Å². The number of rotatable bonds is 4. The van der Waals surface area contributed by atoms with Crippen LogP contribution in [0, 0.1) is 0 Å². The van der Waals surface area contributed by atoms with Crippen molar-refractivity contribution in [1.29, 1.82) is 0 Å². The predicted molar refractivity (Wildman–Crippen MR) is 78.2 cm³/mol. The average Bonchev–Trinajstić information content (AvgIpc) is 2.50. The lowest BCUT2D eigenvalue weighted by molar-refractivity contribution is -0.151. The zero-order valence-electron chi connectivity index (χ0n) is 12.5. The molecule has 0 aromatic heterocycles. The molecule has 1 amide bonds. The topological polar surface area (TPSA) is 67.9 Å². The number of ether oxygens (including phenoxy) is 2. The van der Waals surface area contributed by atoms with Crippen LogP contribution in [0.1, 0.15) is 13.8 Å². The van der Waals surface area contributed by atoms with Gasteiger partial charge in [-0.1, -0.05) is 12.1 Å². The highest BCUT2D eigenvalue weighted by atomic mass is 16.5. The number of amides is 1. The van der Waals surface area contributed by atoms with Crippen molar-refractivity contribution in [1.82, 2.24) is 4.90 Å². The molecule has 2 rings (SSSR count). The van der Waals surface area contributed by atoms with Crippen molar-refractivity contribution in [3.63, 3.8) is 0 Å². The van der Waals surface area contributed by atoms with Gasteiger partial charge in [0, 0.05) is 6.04 Å². The number of nitrogens with one attached hydrogen (secondary N) is 1. The monoisotopic (exact) mass is 292 g/mol.